The summed E-state index contributed by atoms with van der Waals surface area (Å²) in [6.45, 7) is 2.91. The molecule has 1 N–H and O–H groups in total. The van der Waals surface area contributed by atoms with E-state index in [9.17, 15) is 18.0 Å². The number of hydrogen-bond donors (Lipinski definition) is 1. The number of rotatable bonds is 7. The van der Waals surface area contributed by atoms with Crippen LogP contribution in [-0.2, 0) is 19.7 Å². The highest BCUT2D eigenvalue weighted by molar-refractivity contribution is 7.86. The Morgan fingerprint density at radius 3 is 2.23 bits per heavy atom. The van der Waals surface area contributed by atoms with Gasteiger partial charge in [-0.2, -0.15) is 8.42 Å². The molecule has 31 heavy (non-hydrogen) atoms. The van der Waals surface area contributed by atoms with Gasteiger partial charge in [0.05, 0.1) is 6.26 Å². The van der Waals surface area contributed by atoms with Gasteiger partial charge in [-0.25, -0.2) is 0 Å². The zero-order chi connectivity index (χ0) is 22.6. The van der Waals surface area contributed by atoms with E-state index in [1.165, 1.54) is 19.1 Å². The molecule has 0 aliphatic rings. The van der Waals surface area contributed by atoms with Gasteiger partial charge in [-0.1, -0.05) is 30.3 Å². The van der Waals surface area contributed by atoms with Crippen LogP contribution in [0.15, 0.2) is 60.7 Å². The Balaban J connectivity index is 1.77. The minimum atomic E-state index is -3.68. The summed E-state index contributed by atoms with van der Waals surface area (Å²) in [7, 11) is -3.68. The lowest BCUT2D eigenvalue weighted by molar-refractivity contribution is -0.131. The molecule has 0 radical (unpaired) electrons. The molecule has 0 fully saturated rings. The van der Waals surface area contributed by atoms with Crippen LogP contribution in [0.1, 0.15) is 13.8 Å². The molecule has 3 aromatic rings. The zero-order valence-electron chi connectivity index (χ0n) is 17.1. The third-order valence-corrected chi connectivity index (χ3v) is 4.62. The first-order valence-corrected chi connectivity index (χ1v) is 11.1. The van der Waals surface area contributed by atoms with Crippen molar-refractivity contribution in [3.8, 4) is 17.2 Å². The summed E-state index contributed by atoms with van der Waals surface area (Å²) in [6.07, 6.45) is 0.0630. The average molecular weight is 443 g/mol. The van der Waals surface area contributed by atoms with Crippen LogP contribution in [-0.4, -0.2) is 32.7 Å². The summed E-state index contributed by atoms with van der Waals surface area (Å²) >= 11 is 0. The number of anilines is 1. The first-order chi connectivity index (χ1) is 14.6. The second kappa shape index (κ2) is 9.05. The monoisotopic (exact) mass is 443 g/mol. The van der Waals surface area contributed by atoms with Gasteiger partial charge in [0.15, 0.2) is 6.10 Å². The third kappa shape index (κ3) is 5.95. The zero-order valence-corrected chi connectivity index (χ0v) is 17.9. The van der Waals surface area contributed by atoms with Crippen molar-refractivity contribution in [2.45, 2.75) is 20.0 Å². The van der Waals surface area contributed by atoms with Crippen molar-refractivity contribution in [2.75, 3.05) is 11.6 Å². The van der Waals surface area contributed by atoms with Crippen molar-refractivity contribution in [1.29, 1.82) is 0 Å². The lowest BCUT2D eigenvalue weighted by Gasteiger charge is -2.17. The Hall–Kier alpha value is -3.59. The molecular formula is C22H21NO7S. The minimum Gasteiger partial charge on any atom is -0.480 e. The molecule has 0 saturated carbocycles. The number of benzene rings is 3. The van der Waals surface area contributed by atoms with Gasteiger partial charge in [0.2, 0.25) is 0 Å². The van der Waals surface area contributed by atoms with Gasteiger partial charge in [0, 0.05) is 29.4 Å². The molecule has 3 rings (SSSR count). The van der Waals surface area contributed by atoms with E-state index < -0.39 is 28.1 Å². The van der Waals surface area contributed by atoms with Crippen molar-refractivity contribution in [3.05, 3.63) is 60.7 Å². The smallest absolute Gasteiger partial charge is 0.308 e. The molecule has 8 nitrogen and oxygen atoms in total. The molecule has 1 unspecified atom stereocenters. The number of nitrogens with one attached hydrogen (secondary N) is 1. The molecule has 0 aliphatic carbocycles. The van der Waals surface area contributed by atoms with E-state index in [-0.39, 0.29) is 5.75 Å². The first kappa shape index (κ1) is 22.1. The van der Waals surface area contributed by atoms with E-state index in [0.29, 0.717) is 28.0 Å². The fraction of sp³-hybridized carbons (Fsp3) is 0.182. The molecule has 3 aromatic carbocycles. The molecule has 0 bridgehead atoms. The fourth-order valence-electron chi connectivity index (χ4n) is 2.88. The minimum absolute atomic E-state index is 0.0842. The number of fused-ring (bicyclic) bond motifs is 1. The van der Waals surface area contributed by atoms with Gasteiger partial charge in [0.1, 0.15) is 17.2 Å². The highest BCUT2D eigenvalue weighted by atomic mass is 32.2. The Kier molecular flexibility index (Phi) is 6.45. The molecule has 0 spiro atoms. The van der Waals surface area contributed by atoms with Crippen molar-refractivity contribution in [2.24, 2.45) is 0 Å². The number of esters is 1. The Bertz CT molecular complexity index is 1240. The summed E-state index contributed by atoms with van der Waals surface area (Å²) in [5.41, 5.74) is 0.358. The van der Waals surface area contributed by atoms with E-state index in [1.54, 1.807) is 49.4 Å². The van der Waals surface area contributed by atoms with E-state index in [0.717, 1.165) is 6.26 Å². The summed E-state index contributed by atoms with van der Waals surface area (Å²) in [6, 6.07) is 16.5. The predicted octanol–water partition coefficient (Wildman–Crippen LogP) is 3.51. The molecule has 0 saturated heterocycles. The number of ether oxygens (including phenoxy) is 2. The molecule has 1 amide bonds. The SMILES string of the molecule is CC(=O)Oc1ccc(OC(C)C(=O)Nc2cccc(OS(C)(=O)=O)c2)c2ccccc12. The van der Waals surface area contributed by atoms with Crippen LogP contribution in [0.3, 0.4) is 0 Å². The maximum atomic E-state index is 12.6. The summed E-state index contributed by atoms with van der Waals surface area (Å²) in [4.78, 5) is 23.9. The maximum Gasteiger partial charge on any atom is 0.308 e. The Morgan fingerprint density at radius 2 is 1.58 bits per heavy atom. The topological polar surface area (TPSA) is 108 Å². The number of carbonyl (C=O) groups excluding carboxylic acids is 2. The summed E-state index contributed by atoms with van der Waals surface area (Å²) in [5, 5.41) is 4.02. The standard InChI is InChI=1S/C22H21NO7S/c1-14(22(25)23-16-7-6-8-17(13-16)30-31(3,26)27)28-20-11-12-21(29-15(2)24)19-10-5-4-9-18(19)20/h4-14H,1-3H3,(H,23,25). The van der Waals surface area contributed by atoms with Crippen molar-refractivity contribution in [3.63, 3.8) is 0 Å². The number of carbonyl (C=O) groups is 2. The van der Waals surface area contributed by atoms with Crippen molar-refractivity contribution in [1.82, 2.24) is 0 Å². The number of amides is 1. The predicted molar refractivity (Wildman–Crippen MR) is 116 cm³/mol. The second-order valence-electron chi connectivity index (χ2n) is 6.77. The van der Waals surface area contributed by atoms with Gasteiger partial charge in [-0.3, -0.25) is 9.59 Å². The Labute approximate surface area is 179 Å². The van der Waals surface area contributed by atoms with Crippen LogP contribution < -0.4 is 19.0 Å². The molecule has 0 aromatic heterocycles. The highest BCUT2D eigenvalue weighted by Gasteiger charge is 2.18. The molecular weight excluding hydrogens is 422 g/mol. The van der Waals surface area contributed by atoms with Crippen LogP contribution in [0.25, 0.3) is 10.8 Å². The van der Waals surface area contributed by atoms with E-state index in [1.807, 2.05) is 6.07 Å². The summed E-state index contributed by atoms with van der Waals surface area (Å²) < 4.78 is 38.5. The maximum absolute atomic E-state index is 12.6. The highest BCUT2D eigenvalue weighted by Crippen LogP contribution is 2.33. The third-order valence-electron chi connectivity index (χ3n) is 4.12. The van der Waals surface area contributed by atoms with Gasteiger partial charge in [-0.15, -0.1) is 0 Å². The normalized spacial score (nSPS) is 12.1. The quantitative estimate of drug-likeness (QED) is 0.338. The van der Waals surface area contributed by atoms with Gasteiger partial charge < -0.3 is 19.0 Å². The van der Waals surface area contributed by atoms with Crippen molar-refractivity contribution >= 4 is 38.5 Å². The molecule has 0 aliphatic heterocycles. The van der Waals surface area contributed by atoms with Crippen LogP contribution >= 0.6 is 0 Å². The second-order valence-corrected chi connectivity index (χ2v) is 8.34. The lowest BCUT2D eigenvalue weighted by atomic mass is 10.1. The van der Waals surface area contributed by atoms with Crippen LogP contribution in [0.2, 0.25) is 0 Å². The van der Waals surface area contributed by atoms with Crippen LogP contribution in [0.4, 0.5) is 5.69 Å². The molecule has 9 heteroatoms. The summed E-state index contributed by atoms with van der Waals surface area (Å²) in [5.74, 6) is 0.0535. The van der Waals surface area contributed by atoms with Crippen molar-refractivity contribution < 1.29 is 31.7 Å². The molecule has 1 atom stereocenters. The van der Waals surface area contributed by atoms with Gasteiger partial charge in [0.25, 0.3) is 5.91 Å². The molecule has 162 valence electrons. The largest absolute Gasteiger partial charge is 0.480 e. The first-order valence-electron chi connectivity index (χ1n) is 9.29. The molecule has 0 heterocycles. The Morgan fingerprint density at radius 1 is 0.935 bits per heavy atom. The van der Waals surface area contributed by atoms with Crippen LogP contribution in [0, 0.1) is 0 Å². The fourth-order valence-corrected chi connectivity index (χ4v) is 3.33. The van der Waals surface area contributed by atoms with Gasteiger partial charge >= 0.3 is 16.1 Å². The average Bonchev–Trinajstić information content (AvgIpc) is 2.68. The number of hydrogen-bond acceptors (Lipinski definition) is 7. The van der Waals surface area contributed by atoms with Gasteiger partial charge in [-0.05, 0) is 31.2 Å². The van der Waals surface area contributed by atoms with E-state index in [4.69, 9.17) is 13.7 Å². The lowest BCUT2D eigenvalue weighted by Crippen LogP contribution is -2.30. The van der Waals surface area contributed by atoms with Crippen LogP contribution in [0.5, 0.6) is 17.2 Å². The van der Waals surface area contributed by atoms with E-state index >= 15 is 0 Å². The van der Waals surface area contributed by atoms with E-state index in [2.05, 4.69) is 5.32 Å².